The molecule has 1 atom stereocenters. The molecule has 0 aromatic heterocycles. The summed E-state index contributed by atoms with van der Waals surface area (Å²) in [6.07, 6.45) is 2.77. The monoisotopic (exact) mass is 285 g/mol. The van der Waals surface area contributed by atoms with Crippen molar-refractivity contribution in [2.75, 3.05) is 12.8 Å². The number of rotatable bonds is 4. The van der Waals surface area contributed by atoms with Crippen molar-refractivity contribution in [1.29, 1.82) is 0 Å². The molecule has 1 aromatic rings. The Morgan fingerprint density at radius 3 is 2.74 bits per heavy atom. The number of halogens is 1. The van der Waals surface area contributed by atoms with Crippen molar-refractivity contribution in [2.24, 2.45) is 0 Å². The van der Waals surface area contributed by atoms with Gasteiger partial charge < -0.3 is 5.32 Å². The second-order valence-corrected chi connectivity index (χ2v) is 8.46. The number of fused-ring (bicyclic) bond motifs is 1. The van der Waals surface area contributed by atoms with Gasteiger partial charge in [0, 0.05) is 18.8 Å². The summed E-state index contributed by atoms with van der Waals surface area (Å²) in [7, 11) is -3.12. The summed E-state index contributed by atoms with van der Waals surface area (Å²) < 4.78 is 36.1. The van der Waals surface area contributed by atoms with Gasteiger partial charge in [-0.15, -0.1) is 0 Å². The second-order valence-electron chi connectivity index (χ2n) is 5.81. The van der Waals surface area contributed by atoms with E-state index in [1.54, 1.807) is 19.9 Å². The van der Waals surface area contributed by atoms with Crippen LogP contribution >= 0.6 is 0 Å². The molecule has 0 aliphatic heterocycles. The number of sulfone groups is 1. The summed E-state index contributed by atoms with van der Waals surface area (Å²) >= 11 is 0. The predicted molar refractivity (Wildman–Crippen MR) is 74.4 cm³/mol. The largest absolute Gasteiger partial charge is 0.308 e. The maximum Gasteiger partial charge on any atom is 0.153 e. The lowest BCUT2D eigenvalue weighted by Crippen LogP contribution is -2.42. The van der Waals surface area contributed by atoms with Crippen molar-refractivity contribution in [1.82, 2.24) is 5.32 Å². The third kappa shape index (κ3) is 2.82. The quantitative estimate of drug-likeness (QED) is 0.922. The van der Waals surface area contributed by atoms with E-state index in [0.717, 1.165) is 17.5 Å². The van der Waals surface area contributed by atoms with Crippen LogP contribution in [-0.2, 0) is 16.3 Å². The molecule has 5 heteroatoms. The normalized spacial score (nSPS) is 19.5. The van der Waals surface area contributed by atoms with E-state index in [1.807, 2.05) is 6.07 Å². The van der Waals surface area contributed by atoms with E-state index in [1.165, 1.54) is 12.3 Å². The van der Waals surface area contributed by atoms with Crippen LogP contribution in [0.2, 0.25) is 0 Å². The van der Waals surface area contributed by atoms with E-state index in [-0.39, 0.29) is 11.9 Å². The second kappa shape index (κ2) is 4.87. The first-order valence-electron chi connectivity index (χ1n) is 6.42. The van der Waals surface area contributed by atoms with Crippen LogP contribution in [0, 0.1) is 5.82 Å². The molecule has 0 radical (unpaired) electrons. The Morgan fingerprint density at radius 2 is 2.11 bits per heavy atom. The van der Waals surface area contributed by atoms with E-state index in [9.17, 15) is 12.8 Å². The highest BCUT2D eigenvalue weighted by molar-refractivity contribution is 7.92. The van der Waals surface area contributed by atoms with Crippen molar-refractivity contribution < 1.29 is 12.8 Å². The molecule has 106 valence electrons. The molecule has 0 saturated heterocycles. The van der Waals surface area contributed by atoms with Crippen molar-refractivity contribution in [3.05, 3.63) is 35.1 Å². The summed E-state index contributed by atoms with van der Waals surface area (Å²) in [5.41, 5.74) is 1.72. The molecule has 0 amide bonds. The first kappa shape index (κ1) is 14.5. The molecule has 1 unspecified atom stereocenters. The SMILES string of the molecule is CC(C)(CNC1CCc2c(F)cccc21)S(C)(=O)=O. The molecule has 1 N–H and O–H groups in total. The average molecular weight is 285 g/mol. The molecule has 3 nitrogen and oxygen atoms in total. The van der Waals surface area contributed by atoms with Crippen molar-refractivity contribution in [2.45, 2.75) is 37.5 Å². The fourth-order valence-corrected chi connectivity index (χ4v) is 2.67. The molecule has 0 heterocycles. The van der Waals surface area contributed by atoms with Crippen LogP contribution in [0.25, 0.3) is 0 Å². The molecule has 1 aromatic carbocycles. The zero-order valence-corrected chi connectivity index (χ0v) is 12.3. The maximum absolute atomic E-state index is 13.6. The Hall–Kier alpha value is -0.940. The fourth-order valence-electron chi connectivity index (χ4n) is 2.32. The van der Waals surface area contributed by atoms with E-state index in [4.69, 9.17) is 0 Å². The summed E-state index contributed by atoms with van der Waals surface area (Å²) in [5.74, 6) is -0.163. The van der Waals surface area contributed by atoms with Crippen LogP contribution in [0.15, 0.2) is 18.2 Å². The summed E-state index contributed by atoms with van der Waals surface area (Å²) in [6.45, 7) is 3.78. The standard InChI is InChI=1S/C14H20FNO2S/c1-14(2,19(3,17)18)9-16-13-8-7-10-11(13)5-4-6-12(10)15/h4-6,13,16H,7-9H2,1-3H3. The van der Waals surface area contributed by atoms with Gasteiger partial charge in [0.15, 0.2) is 9.84 Å². The minimum atomic E-state index is -3.12. The minimum Gasteiger partial charge on any atom is -0.308 e. The van der Waals surface area contributed by atoms with Crippen LogP contribution in [0.1, 0.15) is 37.4 Å². The third-order valence-corrected chi connectivity index (χ3v) is 6.14. The van der Waals surface area contributed by atoms with Gasteiger partial charge in [0.1, 0.15) is 5.82 Å². The Kier molecular flexibility index (Phi) is 3.71. The maximum atomic E-state index is 13.6. The van der Waals surface area contributed by atoms with Crippen molar-refractivity contribution in [3.63, 3.8) is 0 Å². The van der Waals surface area contributed by atoms with Gasteiger partial charge in [-0.3, -0.25) is 0 Å². The van der Waals surface area contributed by atoms with Gasteiger partial charge in [0.05, 0.1) is 4.75 Å². The van der Waals surface area contributed by atoms with Crippen LogP contribution < -0.4 is 5.32 Å². The molecule has 1 aliphatic rings. The van der Waals surface area contributed by atoms with E-state index < -0.39 is 14.6 Å². The third-order valence-electron chi connectivity index (χ3n) is 3.99. The van der Waals surface area contributed by atoms with Crippen LogP contribution in [0.4, 0.5) is 4.39 Å². The molecule has 1 aliphatic carbocycles. The van der Waals surface area contributed by atoms with Gasteiger partial charge >= 0.3 is 0 Å². The minimum absolute atomic E-state index is 0.0479. The Morgan fingerprint density at radius 1 is 1.42 bits per heavy atom. The highest BCUT2D eigenvalue weighted by atomic mass is 32.2. The Bertz CT molecular complexity index is 581. The molecule has 2 rings (SSSR count). The highest BCUT2D eigenvalue weighted by Gasteiger charge is 2.32. The molecule has 0 bridgehead atoms. The van der Waals surface area contributed by atoms with Crippen LogP contribution in [0.3, 0.4) is 0 Å². The zero-order chi connectivity index (χ0) is 14.3. The fraction of sp³-hybridized carbons (Fsp3) is 0.571. The Labute approximate surface area is 114 Å². The number of hydrogen-bond acceptors (Lipinski definition) is 3. The first-order chi connectivity index (χ1) is 8.72. The summed E-state index contributed by atoms with van der Waals surface area (Å²) in [5, 5.41) is 3.27. The Balaban J connectivity index is 2.11. The molecular weight excluding hydrogens is 265 g/mol. The molecular formula is C14H20FNO2S. The van der Waals surface area contributed by atoms with Crippen LogP contribution in [0.5, 0.6) is 0 Å². The van der Waals surface area contributed by atoms with E-state index >= 15 is 0 Å². The van der Waals surface area contributed by atoms with Gasteiger partial charge in [0.25, 0.3) is 0 Å². The van der Waals surface area contributed by atoms with Gasteiger partial charge in [0.2, 0.25) is 0 Å². The highest BCUT2D eigenvalue weighted by Crippen LogP contribution is 2.33. The number of benzene rings is 1. The molecule has 0 saturated carbocycles. The van der Waals surface area contributed by atoms with Crippen molar-refractivity contribution in [3.8, 4) is 0 Å². The average Bonchev–Trinajstić information content (AvgIpc) is 2.70. The van der Waals surface area contributed by atoms with Crippen LogP contribution in [-0.4, -0.2) is 26.0 Å². The summed E-state index contributed by atoms with van der Waals surface area (Å²) in [4.78, 5) is 0. The van der Waals surface area contributed by atoms with Gasteiger partial charge in [-0.2, -0.15) is 0 Å². The van der Waals surface area contributed by atoms with E-state index in [0.29, 0.717) is 13.0 Å². The van der Waals surface area contributed by atoms with E-state index in [2.05, 4.69) is 5.32 Å². The topological polar surface area (TPSA) is 46.2 Å². The first-order valence-corrected chi connectivity index (χ1v) is 8.32. The van der Waals surface area contributed by atoms with Gasteiger partial charge in [-0.05, 0) is 43.9 Å². The lowest BCUT2D eigenvalue weighted by Gasteiger charge is -2.25. The summed E-state index contributed by atoms with van der Waals surface area (Å²) in [6, 6.07) is 5.14. The molecule has 19 heavy (non-hydrogen) atoms. The molecule has 0 spiro atoms. The predicted octanol–water partition coefficient (Wildman–Crippen LogP) is 2.23. The van der Waals surface area contributed by atoms with Gasteiger partial charge in [-0.1, -0.05) is 12.1 Å². The smallest absolute Gasteiger partial charge is 0.153 e. The number of nitrogens with one attached hydrogen (secondary N) is 1. The lowest BCUT2D eigenvalue weighted by molar-refractivity contribution is 0.470. The lowest BCUT2D eigenvalue weighted by atomic mass is 10.1. The molecule has 0 fully saturated rings. The zero-order valence-electron chi connectivity index (χ0n) is 11.5. The van der Waals surface area contributed by atoms with Gasteiger partial charge in [-0.25, -0.2) is 12.8 Å². The number of hydrogen-bond donors (Lipinski definition) is 1. The van der Waals surface area contributed by atoms with Crippen molar-refractivity contribution >= 4 is 9.84 Å².